The topological polar surface area (TPSA) is 109 Å². The second kappa shape index (κ2) is 5.17. The van der Waals surface area contributed by atoms with Crippen molar-refractivity contribution < 1.29 is 12.9 Å². The van der Waals surface area contributed by atoms with Crippen molar-refractivity contribution in [1.82, 2.24) is 14.9 Å². The van der Waals surface area contributed by atoms with Crippen molar-refractivity contribution in [1.29, 1.82) is 5.26 Å². The number of hydrogen-bond donors (Lipinski definition) is 1. The monoisotopic (exact) mass is 278 g/mol. The smallest absolute Gasteiger partial charge is 0.241 e. The molecule has 0 bridgehead atoms. The highest BCUT2D eigenvalue weighted by atomic mass is 32.2. The lowest BCUT2D eigenvalue weighted by atomic mass is 10.2. The van der Waals surface area contributed by atoms with Crippen LogP contribution in [0.3, 0.4) is 0 Å². The molecule has 2 rings (SSSR count). The molecule has 0 saturated carbocycles. The molecule has 0 spiro atoms. The van der Waals surface area contributed by atoms with Gasteiger partial charge >= 0.3 is 0 Å². The highest BCUT2D eigenvalue weighted by Crippen LogP contribution is 2.10. The van der Waals surface area contributed by atoms with Gasteiger partial charge in [-0.05, 0) is 31.2 Å². The van der Waals surface area contributed by atoms with E-state index in [-0.39, 0.29) is 17.3 Å². The van der Waals surface area contributed by atoms with E-state index in [0.29, 0.717) is 11.4 Å². The van der Waals surface area contributed by atoms with Gasteiger partial charge in [0.15, 0.2) is 5.82 Å². The van der Waals surface area contributed by atoms with Crippen LogP contribution in [0.4, 0.5) is 0 Å². The van der Waals surface area contributed by atoms with Gasteiger partial charge in [-0.25, -0.2) is 13.1 Å². The van der Waals surface area contributed by atoms with Crippen molar-refractivity contribution in [2.45, 2.75) is 18.4 Å². The molecule has 0 aliphatic rings. The van der Waals surface area contributed by atoms with Gasteiger partial charge < -0.3 is 4.52 Å². The minimum atomic E-state index is -3.66. The summed E-state index contributed by atoms with van der Waals surface area (Å²) in [6.45, 7) is 1.56. The number of sulfonamides is 1. The number of hydrogen-bond acceptors (Lipinski definition) is 6. The second-order valence-electron chi connectivity index (χ2n) is 3.70. The number of nitrogens with zero attached hydrogens (tertiary/aromatic N) is 3. The van der Waals surface area contributed by atoms with E-state index in [1.54, 1.807) is 6.92 Å². The molecule has 0 fully saturated rings. The van der Waals surface area contributed by atoms with Gasteiger partial charge in [-0.3, -0.25) is 0 Å². The fourth-order valence-corrected chi connectivity index (χ4v) is 2.34. The first-order valence-corrected chi connectivity index (χ1v) is 6.78. The van der Waals surface area contributed by atoms with Gasteiger partial charge in [0.2, 0.25) is 15.9 Å². The summed E-state index contributed by atoms with van der Waals surface area (Å²) >= 11 is 0. The predicted octanol–water partition coefficient (Wildman–Crippen LogP) is 0.728. The van der Waals surface area contributed by atoms with E-state index in [1.807, 2.05) is 6.07 Å². The summed E-state index contributed by atoms with van der Waals surface area (Å²) in [6, 6.07) is 7.51. The number of nitrogens with one attached hydrogen (secondary N) is 1. The molecule has 0 unspecified atom stereocenters. The molecule has 19 heavy (non-hydrogen) atoms. The average Bonchev–Trinajstić information content (AvgIpc) is 2.82. The third-order valence-corrected chi connectivity index (χ3v) is 3.69. The normalized spacial score (nSPS) is 11.2. The van der Waals surface area contributed by atoms with Crippen LogP contribution in [0.2, 0.25) is 0 Å². The van der Waals surface area contributed by atoms with Crippen molar-refractivity contribution in [3.8, 4) is 6.07 Å². The fraction of sp³-hybridized carbons (Fsp3) is 0.182. The van der Waals surface area contributed by atoms with Gasteiger partial charge in [-0.2, -0.15) is 10.2 Å². The van der Waals surface area contributed by atoms with Crippen LogP contribution in [0, 0.1) is 18.3 Å². The van der Waals surface area contributed by atoms with Gasteiger partial charge in [0, 0.05) is 0 Å². The first kappa shape index (κ1) is 13.2. The summed E-state index contributed by atoms with van der Waals surface area (Å²) in [7, 11) is -3.66. The summed E-state index contributed by atoms with van der Waals surface area (Å²) in [5, 5.41) is 12.2. The van der Waals surface area contributed by atoms with E-state index in [2.05, 4.69) is 14.9 Å². The largest absolute Gasteiger partial charge is 0.338 e. The second-order valence-corrected chi connectivity index (χ2v) is 5.46. The lowest BCUT2D eigenvalue weighted by molar-refractivity contribution is 0.372. The van der Waals surface area contributed by atoms with Crippen LogP contribution in [0.5, 0.6) is 0 Å². The van der Waals surface area contributed by atoms with Crippen molar-refractivity contribution in [2.24, 2.45) is 0 Å². The van der Waals surface area contributed by atoms with Gasteiger partial charge in [0.25, 0.3) is 0 Å². The molecule has 1 aromatic heterocycles. The number of rotatable bonds is 4. The SMILES string of the molecule is Cc1noc(CNS(=O)(=O)c2ccc(C#N)cc2)n1. The average molecular weight is 278 g/mol. The minimum absolute atomic E-state index is 0.0720. The van der Waals surface area contributed by atoms with E-state index in [4.69, 9.17) is 9.78 Å². The van der Waals surface area contributed by atoms with Crippen LogP contribution in [-0.2, 0) is 16.6 Å². The van der Waals surface area contributed by atoms with Gasteiger partial charge in [-0.1, -0.05) is 5.16 Å². The van der Waals surface area contributed by atoms with Crippen molar-refractivity contribution in [2.75, 3.05) is 0 Å². The highest BCUT2D eigenvalue weighted by molar-refractivity contribution is 7.89. The fourth-order valence-electron chi connectivity index (χ4n) is 1.36. The standard InChI is InChI=1S/C11H10N4O3S/c1-8-14-11(18-15-8)7-13-19(16,17)10-4-2-9(6-12)3-5-10/h2-5,13H,7H2,1H3. The maximum Gasteiger partial charge on any atom is 0.241 e. The molecule has 0 saturated heterocycles. The Morgan fingerprint density at radius 3 is 2.58 bits per heavy atom. The Morgan fingerprint density at radius 1 is 1.37 bits per heavy atom. The third kappa shape index (κ3) is 3.15. The van der Waals surface area contributed by atoms with Gasteiger partial charge in [-0.15, -0.1) is 0 Å². The Balaban J connectivity index is 2.11. The van der Waals surface area contributed by atoms with Crippen LogP contribution < -0.4 is 4.72 Å². The van der Waals surface area contributed by atoms with Crippen molar-refractivity contribution in [3.63, 3.8) is 0 Å². The summed E-state index contributed by atoms with van der Waals surface area (Å²) in [5.74, 6) is 0.627. The maximum atomic E-state index is 11.9. The molecule has 0 atom stereocenters. The molecule has 0 aliphatic heterocycles. The Hall–Kier alpha value is -2.24. The zero-order valence-electron chi connectivity index (χ0n) is 9.99. The van der Waals surface area contributed by atoms with Crippen LogP contribution in [0.15, 0.2) is 33.7 Å². The molecular formula is C11H10N4O3S. The first-order chi connectivity index (χ1) is 9.01. The van der Waals surface area contributed by atoms with Crippen molar-refractivity contribution in [3.05, 3.63) is 41.5 Å². The molecule has 2 aromatic rings. The molecule has 1 N–H and O–H groups in total. The molecule has 8 heteroatoms. The van der Waals surface area contributed by atoms with Crippen LogP contribution in [-0.4, -0.2) is 18.6 Å². The number of nitriles is 1. The molecule has 7 nitrogen and oxygen atoms in total. The number of benzene rings is 1. The zero-order chi connectivity index (χ0) is 13.9. The lowest BCUT2D eigenvalue weighted by Gasteiger charge is -2.04. The zero-order valence-corrected chi connectivity index (χ0v) is 10.8. The minimum Gasteiger partial charge on any atom is -0.338 e. The van der Waals surface area contributed by atoms with E-state index in [9.17, 15) is 8.42 Å². The molecule has 0 amide bonds. The summed E-state index contributed by atoms with van der Waals surface area (Å²) < 4.78 is 31.0. The number of aryl methyl sites for hydroxylation is 1. The van der Waals surface area contributed by atoms with Gasteiger partial charge in [0.1, 0.15) is 0 Å². The Kier molecular flexibility index (Phi) is 3.59. The van der Waals surface area contributed by atoms with E-state index in [1.165, 1.54) is 24.3 Å². The molecule has 0 radical (unpaired) electrons. The van der Waals surface area contributed by atoms with Gasteiger partial charge in [0.05, 0.1) is 23.1 Å². The van der Waals surface area contributed by atoms with E-state index >= 15 is 0 Å². The third-order valence-electron chi connectivity index (χ3n) is 2.28. The van der Waals surface area contributed by atoms with Crippen molar-refractivity contribution >= 4 is 10.0 Å². The molecule has 1 aromatic carbocycles. The predicted molar refractivity (Wildman–Crippen MR) is 64.2 cm³/mol. The van der Waals surface area contributed by atoms with E-state index in [0.717, 1.165) is 0 Å². The molecule has 0 aliphatic carbocycles. The maximum absolute atomic E-state index is 11.9. The first-order valence-electron chi connectivity index (χ1n) is 5.30. The van der Waals surface area contributed by atoms with E-state index < -0.39 is 10.0 Å². The Morgan fingerprint density at radius 2 is 2.05 bits per heavy atom. The lowest BCUT2D eigenvalue weighted by Crippen LogP contribution is -2.23. The van der Waals surface area contributed by atoms with Crippen LogP contribution in [0.25, 0.3) is 0 Å². The molecular weight excluding hydrogens is 268 g/mol. The Labute approximate surface area is 109 Å². The Bertz CT molecular complexity index is 713. The van der Waals surface area contributed by atoms with Crippen LogP contribution >= 0.6 is 0 Å². The highest BCUT2D eigenvalue weighted by Gasteiger charge is 2.15. The summed E-state index contributed by atoms with van der Waals surface area (Å²) in [5.41, 5.74) is 0.395. The molecule has 1 heterocycles. The quantitative estimate of drug-likeness (QED) is 0.882. The number of aromatic nitrogens is 2. The summed E-state index contributed by atoms with van der Waals surface area (Å²) in [6.07, 6.45) is 0. The van der Waals surface area contributed by atoms with Crippen LogP contribution in [0.1, 0.15) is 17.3 Å². The summed E-state index contributed by atoms with van der Waals surface area (Å²) in [4.78, 5) is 3.96. The molecule has 98 valence electrons.